The summed E-state index contributed by atoms with van der Waals surface area (Å²) in [4.78, 5) is 12.8. The normalized spacial score (nSPS) is 10.3. The van der Waals surface area contributed by atoms with Crippen molar-refractivity contribution in [3.8, 4) is 0 Å². The maximum atomic E-state index is 10.8. The Balaban J connectivity index is 2.24. The number of aromatic carboxylic acids is 1. The van der Waals surface area contributed by atoms with Gasteiger partial charge in [0.1, 0.15) is 0 Å². The van der Waals surface area contributed by atoms with E-state index in [1.54, 1.807) is 30.0 Å². The van der Waals surface area contributed by atoms with Gasteiger partial charge in [-0.2, -0.15) is 0 Å². The van der Waals surface area contributed by atoms with Crippen LogP contribution in [0.4, 0.5) is 0 Å². The molecule has 2 rings (SSSR count). The summed E-state index contributed by atoms with van der Waals surface area (Å²) in [5.41, 5.74) is 0.266. The van der Waals surface area contributed by atoms with Crippen LogP contribution in [0.3, 0.4) is 0 Å². The number of rotatable bonds is 3. The largest absolute Gasteiger partial charge is 0.478 e. The Hall–Kier alpha value is -0.970. The molecule has 0 heterocycles. The molecule has 0 radical (unpaired) electrons. The van der Waals surface area contributed by atoms with Crippen molar-refractivity contribution in [1.29, 1.82) is 0 Å². The third-order valence-electron chi connectivity index (χ3n) is 2.22. The van der Waals surface area contributed by atoms with Gasteiger partial charge in [0.25, 0.3) is 0 Å². The second-order valence-corrected chi connectivity index (χ2v) is 5.91. The molecule has 0 aliphatic rings. The summed E-state index contributed by atoms with van der Waals surface area (Å²) in [7, 11) is 0. The summed E-state index contributed by atoms with van der Waals surface area (Å²) >= 11 is 10.7. The van der Waals surface area contributed by atoms with E-state index in [9.17, 15) is 4.79 Å². The molecular formula is C13H8BrClO2S. The second kappa shape index (κ2) is 5.78. The van der Waals surface area contributed by atoms with Crippen molar-refractivity contribution in [2.45, 2.75) is 9.79 Å². The van der Waals surface area contributed by atoms with Crippen molar-refractivity contribution in [3.63, 3.8) is 0 Å². The highest BCUT2D eigenvalue weighted by Gasteiger charge is 2.07. The summed E-state index contributed by atoms with van der Waals surface area (Å²) in [5, 5.41) is 9.57. The molecule has 0 saturated carbocycles. The van der Waals surface area contributed by atoms with Crippen LogP contribution in [0.5, 0.6) is 0 Å². The van der Waals surface area contributed by atoms with E-state index in [1.165, 1.54) is 0 Å². The fraction of sp³-hybridized carbons (Fsp3) is 0. The summed E-state index contributed by atoms with van der Waals surface area (Å²) in [6.45, 7) is 0. The highest BCUT2D eigenvalue weighted by Crippen LogP contribution is 2.34. The van der Waals surface area contributed by atoms with E-state index in [0.29, 0.717) is 5.02 Å². The predicted octanol–water partition coefficient (Wildman–Crippen LogP) is 4.95. The first-order valence-corrected chi connectivity index (χ1v) is 7.01. The van der Waals surface area contributed by atoms with Gasteiger partial charge >= 0.3 is 5.97 Å². The van der Waals surface area contributed by atoms with Crippen molar-refractivity contribution >= 4 is 45.3 Å². The highest BCUT2D eigenvalue weighted by molar-refractivity contribution is 9.10. The molecule has 0 amide bonds. The molecule has 0 bridgehead atoms. The molecule has 0 aromatic heterocycles. The fourth-order valence-corrected chi connectivity index (χ4v) is 2.91. The Morgan fingerprint density at radius 1 is 1.17 bits per heavy atom. The van der Waals surface area contributed by atoms with Gasteiger partial charge < -0.3 is 5.11 Å². The van der Waals surface area contributed by atoms with Gasteiger partial charge in [0.2, 0.25) is 0 Å². The molecule has 5 heteroatoms. The van der Waals surface area contributed by atoms with Crippen LogP contribution < -0.4 is 0 Å². The number of carboxylic acids is 1. The molecular weight excluding hydrogens is 336 g/mol. The second-order valence-electron chi connectivity index (χ2n) is 3.51. The SMILES string of the molecule is O=C(O)c1ccc(Sc2ccc(Cl)cc2)c(Br)c1. The molecule has 0 atom stereocenters. The molecule has 0 aliphatic heterocycles. The predicted molar refractivity (Wildman–Crippen MR) is 76.7 cm³/mol. The van der Waals surface area contributed by atoms with Crippen LogP contribution in [-0.2, 0) is 0 Å². The van der Waals surface area contributed by atoms with Gasteiger partial charge in [-0.15, -0.1) is 0 Å². The average Bonchev–Trinajstić information content (AvgIpc) is 2.34. The monoisotopic (exact) mass is 342 g/mol. The molecule has 2 aromatic carbocycles. The zero-order valence-corrected chi connectivity index (χ0v) is 12.2. The lowest BCUT2D eigenvalue weighted by Crippen LogP contribution is -1.95. The van der Waals surface area contributed by atoms with E-state index >= 15 is 0 Å². The van der Waals surface area contributed by atoms with Gasteiger partial charge in [0.15, 0.2) is 0 Å². The van der Waals surface area contributed by atoms with E-state index < -0.39 is 5.97 Å². The van der Waals surface area contributed by atoms with Gasteiger partial charge in [0.05, 0.1) is 5.56 Å². The number of carboxylic acid groups (broad SMARTS) is 1. The molecule has 2 aromatic rings. The van der Waals surface area contributed by atoms with Crippen LogP contribution in [0.2, 0.25) is 5.02 Å². The maximum absolute atomic E-state index is 10.8. The standard InChI is InChI=1S/C13H8BrClO2S/c14-11-7-8(13(16)17)1-6-12(11)18-10-4-2-9(15)3-5-10/h1-7H,(H,16,17). The van der Waals surface area contributed by atoms with Crippen LogP contribution in [0.15, 0.2) is 56.7 Å². The van der Waals surface area contributed by atoms with Crippen molar-refractivity contribution < 1.29 is 9.90 Å². The van der Waals surface area contributed by atoms with Crippen LogP contribution in [0.25, 0.3) is 0 Å². The van der Waals surface area contributed by atoms with E-state index in [1.807, 2.05) is 24.3 Å². The zero-order chi connectivity index (χ0) is 13.1. The first-order valence-electron chi connectivity index (χ1n) is 5.02. The smallest absolute Gasteiger partial charge is 0.335 e. The third-order valence-corrected chi connectivity index (χ3v) is 4.47. The number of hydrogen-bond acceptors (Lipinski definition) is 2. The van der Waals surface area contributed by atoms with E-state index in [2.05, 4.69) is 15.9 Å². The first-order chi connectivity index (χ1) is 8.56. The quantitative estimate of drug-likeness (QED) is 0.856. The Bertz CT molecular complexity index is 584. The van der Waals surface area contributed by atoms with Crippen LogP contribution >= 0.6 is 39.3 Å². The summed E-state index contributed by atoms with van der Waals surface area (Å²) < 4.78 is 0.766. The Morgan fingerprint density at radius 2 is 1.83 bits per heavy atom. The molecule has 92 valence electrons. The van der Waals surface area contributed by atoms with Crippen molar-refractivity contribution in [2.75, 3.05) is 0 Å². The van der Waals surface area contributed by atoms with E-state index in [0.717, 1.165) is 14.3 Å². The van der Waals surface area contributed by atoms with Crippen LogP contribution in [-0.4, -0.2) is 11.1 Å². The molecule has 2 nitrogen and oxygen atoms in total. The Morgan fingerprint density at radius 3 is 2.39 bits per heavy atom. The number of hydrogen-bond donors (Lipinski definition) is 1. The van der Waals surface area contributed by atoms with Gasteiger partial charge in [-0.05, 0) is 58.4 Å². The maximum Gasteiger partial charge on any atom is 0.335 e. The lowest BCUT2D eigenvalue weighted by atomic mass is 10.2. The Kier molecular flexibility index (Phi) is 4.32. The van der Waals surface area contributed by atoms with Gasteiger partial charge in [-0.1, -0.05) is 23.4 Å². The number of halogens is 2. The lowest BCUT2D eigenvalue weighted by molar-refractivity contribution is 0.0696. The minimum absolute atomic E-state index is 0.266. The summed E-state index contributed by atoms with van der Waals surface area (Å²) in [6, 6.07) is 12.5. The summed E-state index contributed by atoms with van der Waals surface area (Å²) in [6.07, 6.45) is 0. The van der Waals surface area contributed by atoms with E-state index in [4.69, 9.17) is 16.7 Å². The zero-order valence-electron chi connectivity index (χ0n) is 9.06. The van der Waals surface area contributed by atoms with Gasteiger partial charge in [-0.25, -0.2) is 4.79 Å². The van der Waals surface area contributed by atoms with Gasteiger partial charge in [0, 0.05) is 19.3 Å². The number of benzene rings is 2. The van der Waals surface area contributed by atoms with Gasteiger partial charge in [-0.3, -0.25) is 0 Å². The van der Waals surface area contributed by atoms with E-state index in [-0.39, 0.29) is 5.56 Å². The van der Waals surface area contributed by atoms with Crippen LogP contribution in [0, 0.1) is 0 Å². The molecule has 0 unspecified atom stereocenters. The molecule has 0 spiro atoms. The minimum atomic E-state index is -0.932. The van der Waals surface area contributed by atoms with Crippen LogP contribution in [0.1, 0.15) is 10.4 Å². The first kappa shape index (κ1) is 13.5. The average molecular weight is 344 g/mol. The molecule has 1 N–H and O–H groups in total. The summed E-state index contributed by atoms with van der Waals surface area (Å²) in [5.74, 6) is -0.932. The molecule has 18 heavy (non-hydrogen) atoms. The topological polar surface area (TPSA) is 37.3 Å². The van der Waals surface area contributed by atoms with Crippen molar-refractivity contribution in [1.82, 2.24) is 0 Å². The Labute approximate surface area is 122 Å². The van der Waals surface area contributed by atoms with Crippen molar-refractivity contribution in [3.05, 3.63) is 57.5 Å². The fourth-order valence-electron chi connectivity index (χ4n) is 1.35. The molecule has 0 aliphatic carbocycles. The minimum Gasteiger partial charge on any atom is -0.478 e. The third kappa shape index (κ3) is 3.28. The number of carbonyl (C=O) groups is 1. The highest BCUT2D eigenvalue weighted by atomic mass is 79.9. The molecule has 0 fully saturated rings. The lowest BCUT2D eigenvalue weighted by Gasteiger charge is -2.05. The van der Waals surface area contributed by atoms with Crippen molar-refractivity contribution in [2.24, 2.45) is 0 Å². The molecule has 0 saturated heterocycles.